The third kappa shape index (κ3) is 2.33. The van der Waals surface area contributed by atoms with Crippen molar-refractivity contribution >= 4 is 5.95 Å². The Morgan fingerprint density at radius 2 is 2.16 bits per heavy atom. The molecule has 0 atom stereocenters. The van der Waals surface area contributed by atoms with Crippen LogP contribution in [0.5, 0.6) is 0 Å². The van der Waals surface area contributed by atoms with Gasteiger partial charge in [0.1, 0.15) is 5.69 Å². The van der Waals surface area contributed by atoms with Crippen LogP contribution in [0.3, 0.4) is 0 Å². The molecule has 0 unspecified atom stereocenters. The summed E-state index contributed by atoms with van der Waals surface area (Å²) in [6.45, 7) is 1.99. The minimum absolute atomic E-state index is 0.617. The van der Waals surface area contributed by atoms with Crippen molar-refractivity contribution < 1.29 is 0 Å². The lowest BCUT2D eigenvalue weighted by molar-refractivity contribution is 0.439. The first-order valence-corrected chi connectivity index (χ1v) is 6.59. The molecule has 19 heavy (non-hydrogen) atoms. The molecule has 1 aliphatic heterocycles. The van der Waals surface area contributed by atoms with Crippen molar-refractivity contribution in [3.8, 4) is 11.5 Å². The Hall–Kier alpha value is -1.89. The molecule has 0 bridgehead atoms. The number of hydrogen-bond donors (Lipinski definition) is 2. The molecule has 7 heteroatoms. The molecular weight excluding hydrogens is 242 g/mol. The molecule has 102 valence electrons. The number of aromatic nitrogens is 5. The highest BCUT2D eigenvalue weighted by molar-refractivity contribution is 5.50. The van der Waals surface area contributed by atoms with Crippen LogP contribution in [0.25, 0.3) is 11.5 Å². The monoisotopic (exact) mass is 261 g/mol. The van der Waals surface area contributed by atoms with Crippen LogP contribution in [0.1, 0.15) is 12.8 Å². The van der Waals surface area contributed by atoms with E-state index in [1.165, 1.54) is 0 Å². The highest BCUT2D eigenvalue weighted by Gasteiger charge is 2.21. The van der Waals surface area contributed by atoms with E-state index in [4.69, 9.17) is 0 Å². The lowest BCUT2D eigenvalue weighted by Crippen LogP contribution is -2.41. The van der Waals surface area contributed by atoms with Gasteiger partial charge in [0.05, 0.1) is 12.5 Å². The molecule has 0 radical (unpaired) electrons. The fourth-order valence-electron chi connectivity index (χ4n) is 2.46. The van der Waals surface area contributed by atoms with Crippen molar-refractivity contribution in [2.45, 2.75) is 18.9 Å². The van der Waals surface area contributed by atoms with Crippen molar-refractivity contribution in [2.75, 3.05) is 25.0 Å². The van der Waals surface area contributed by atoms with E-state index in [1.807, 2.05) is 18.7 Å². The number of nitrogens with one attached hydrogen (secondary N) is 2. The van der Waals surface area contributed by atoms with E-state index in [2.05, 4.69) is 30.4 Å². The van der Waals surface area contributed by atoms with E-state index in [9.17, 15) is 0 Å². The van der Waals surface area contributed by atoms with E-state index in [0.717, 1.165) is 43.4 Å². The summed E-state index contributed by atoms with van der Waals surface area (Å²) in [6, 6.07) is 0.617. The smallest absolute Gasteiger partial charge is 0.245 e. The van der Waals surface area contributed by atoms with Crippen molar-refractivity contribution in [2.24, 2.45) is 7.05 Å². The second-order valence-electron chi connectivity index (χ2n) is 4.92. The van der Waals surface area contributed by atoms with Gasteiger partial charge in [-0.2, -0.15) is 4.98 Å². The minimum Gasteiger partial charge on any atom is -0.339 e. The summed E-state index contributed by atoms with van der Waals surface area (Å²) in [6.07, 6.45) is 5.81. The third-order valence-corrected chi connectivity index (χ3v) is 3.72. The second-order valence-corrected chi connectivity index (χ2v) is 4.92. The van der Waals surface area contributed by atoms with Gasteiger partial charge >= 0.3 is 0 Å². The summed E-state index contributed by atoms with van der Waals surface area (Å²) >= 11 is 0. The standard InChI is InChI=1S/C12H19N7/c1-13-9-3-5-19(6-4-9)12-15-11(16-17-12)10-7-14-8-18(10)2/h7-9,13H,3-6H2,1-2H3,(H,15,16,17). The number of H-pyrrole nitrogens is 1. The van der Waals surface area contributed by atoms with Crippen LogP contribution in [-0.4, -0.2) is 50.9 Å². The van der Waals surface area contributed by atoms with Gasteiger partial charge in [0.2, 0.25) is 5.95 Å². The Kier molecular flexibility index (Phi) is 3.20. The zero-order valence-electron chi connectivity index (χ0n) is 11.3. The number of piperidine rings is 1. The highest BCUT2D eigenvalue weighted by atomic mass is 15.4. The minimum atomic E-state index is 0.617. The molecule has 1 saturated heterocycles. The van der Waals surface area contributed by atoms with Gasteiger partial charge in [-0.3, -0.25) is 5.10 Å². The van der Waals surface area contributed by atoms with Crippen LogP contribution < -0.4 is 10.2 Å². The van der Waals surface area contributed by atoms with Crippen molar-refractivity contribution in [3.05, 3.63) is 12.5 Å². The van der Waals surface area contributed by atoms with Gasteiger partial charge in [0.15, 0.2) is 5.82 Å². The largest absolute Gasteiger partial charge is 0.339 e. The summed E-state index contributed by atoms with van der Waals surface area (Å²) in [5, 5.41) is 10.6. The average molecular weight is 261 g/mol. The van der Waals surface area contributed by atoms with E-state index in [1.54, 1.807) is 12.5 Å². The number of anilines is 1. The molecule has 1 aliphatic rings. The summed E-state index contributed by atoms with van der Waals surface area (Å²) in [5.74, 6) is 1.55. The van der Waals surface area contributed by atoms with Crippen LogP contribution in [0.2, 0.25) is 0 Å². The van der Waals surface area contributed by atoms with E-state index >= 15 is 0 Å². The highest BCUT2D eigenvalue weighted by Crippen LogP contribution is 2.19. The maximum absolute atomic E-state index is 4.57. The summed E-state index contributed by atoms with van der Waals surface area (Å²) < 4.78 is 1.93. The van der Waals surface area contributed by atoms with E-state index < -0.39 is 0 Å². The lowest BCUT2D eigenvalue weighted by Gasteiger charge is -2.30. The molecule has 0 amide bonds. The van der Waals surface area contributed by atoms with Crippen LogP contribution in [-0.2, 0) is 7.05 Å². The summed E-state index contributed by atoms with van der Waals surface area (Å²) in [7, 11) is 3.97. The Morgan fingerprint density at radius 3 is 2.79 bits per heavy atom. The Morgan fingerprint density at radius 1 is 1.37 bits per heavy atom. The maximum atomic E-state index is 4.57. The van der Waals surface area contributed by atoms with Crippen LogP contribution in [0, 0.1) is 0 Å². The molecule has 0 aliphatic carbocycles. The summed E-state index contributed by atoms with van der Waals surface area (Å²) in [4.78, 5) is 10.9. The molecular formula is C12H19N7. The average Bonchev–Trinajstić information content (AvgIpc) is 3.07. The number of nitrogens with zero attached hydrogens (tertiary/aromatic N) is 5. The number of rotatable bonds is 3. The fraction of sp³-hybridized carbons (Fsp3) is 0.583. The van der Waals surface area contributed by atoms with Crippen molar-refractivity contribution in [3.63, 3.8) is 0 Å². The number of hydrogen-bond acceptors (Lipinski definition) is 5. The Bertz CT molecular complexity index is 536. The zero-order valence-corrected chi connectivity index (χ0v) is 11.3. The van der Waals surface area contributed by atoms with Gasteiger partial charge in [-0.1, -0.05) is 0 Å². The van der Waals surface area contributed by atoms with Gasteiger partial charge in [0, 0.05) is 26.2 Å². The molecule has 2 N–H and O–H groups in total. The number of imidazole rings is 1. The van der Waals surface area contributed by atoms with Crippen LogP contribution in [0.4, 0.5) is 5.95 Å². The zero-order chi connectivity index (χ0) is 13.2. The Labute approximate surface area is 112 Å². The van der Waals surface area contributed by atoms with Gasteiger partial charge < -0.3 is 14.8 Å². The van der Waals surface area contributed by atoms with Crippen LogP contribution in [0.15, 0.2) is 12.5 Å². The van der Waals surface area contributed by atoms with Gasteiger partial charge in [-0.25, -0.2) is 4.98 Å². The fourth-order valence-corrected chi connectivity index (χ4v) is 2.46. The second kappa shape index (κ2) is 5.00. The SMILES string of the molecule is CNC1CCN(c2n[nH]c(-c3cncn3C)n2)CC1. The lowest BCUT2D eigenvalue weighted by atomic mass is 10.1. The molecule has 7 nitrogen and oxygen atoms in total. The first kappa shape index (κ1) is 12.2. The normalized spacial score (nSPS) is 17.1. The van der Waals surface area contributed by atoms with Gasteiger partial charge in [-0.05, 0) is 19.9 Å². The topological polar surface area (TPSA) is 74.7 Å². The molecule has 1 fully saturated rings. The van der Waals surface area contributed by atoms with Crippen molar-refractivity contribution in [1.82, 2.24) is 30.0 Å². The first-order valence-electron chi connectivity index (χ1n) is 6.59. The molecule has 2 aromatic heterocycles. The van der Waals surface area contributed by atoms with E-state index in [0.29, 0.717) is 6.04 Å². The molecule has 0 spiro atoms. The Balaban J connectivity index is 1.74. The maximum Gasteiger partial charge on any atom is 0.245 e. The number of aryl methyl sites for hydroxylation is 1. The molecule has 0 aromatic carbocycles. The quantitative estimate of drug-likeness (QED) is 0.836. The van der Waals surface area contributed by atoms with E-state index in [-0.39, 0.29) is 0 Å². The van der Waals surface area contributed by atoms with Gasteiger partial charge in [0.25, 0.3) is 0 Å². The molecule has 3 heterocycles. The molecule has 0 saturated carbocycles. The van der Waals surface area contributed by atoms with Gasteiger partial charge in [-0.15, -0.1) is 5.10 Å². The first-order chi connectivity index (χ1) is 9.28. The molecule has 3 rings (SSSR count). The van der Waals surface area contributed by atoms with Crippen molar-refractivity contribution in [1.29, 1.82) is 0 Å². The number of aromatic amines is 1. The predicted molar refractivity (Wildman–Crippen MR) is 72.9 cm³/mol. The third-order valence-electron chi connectivity index (χ3n) is 3.72. The van der Waals surface area contributed by atoms with Crippen LogP contribution >= 0.6 is 0 Å². The molecule has 2 aromatic rings. The summed E-state index contributed by atoms with van der Waals surface area (Å²) in [5.41, 5.74) is 0.948. The predicted octanol–water partition coefficient (Wildman–Crippen LogP) is 0.393.